The van der Waals surface area contributed by atoms with Crippen molar-refractivity contribution in [2.45, 2.75) is 25.4 Å². The molecule has 1 heterocycles. The minimum Gasteiger partial charge on any atom is -0.326 e. The van der Waals surface area contributed by atoms with Crippen LogP contribution < -0.4 is 5.73 Å². The Morgan fingerprint density at radius 1 is 1.35 bits per heavy atom. The number of rotatable bonds is 4. The van der Waals surface area contributed by atoms with Gasteiger partial charge in [0.2, 0.25) is 0 Å². The highest BCUT2D eigenvalue weighted by Gasteiger charge is 2.31. The van der Waals surface area contributed by atoms with Crippen LogP contribution in [0.1, 0.15) is 24.9 Å². The lowest BCUT2D eigenvalue weighted by molar-refractivity contribution is 0.183. The van der Waals surface area contributed by atoms with Gasteiger partial charge in [0, 0.05) is 29.6 Å². The Bertz CT molecular complexity index is 548. The number of sulfone groups is 1. The molecule has 112 valence electrons. The molecule has 0 bridgehead atoms. The van der Waals surface area contributed by atoms with Gasteiger partial charge in [-0.3, -0.25) is 4.90 Å². The molecule has 20 heavy (non-hydrogen) atoms. The molecule has 2 unspecified atom stereocenters. The molecule has 2 rings (SSSR count). The second-order valence-corrected chi connectivity index (χ2v) is 8.48. The largest absolute Gasteiger partial charge is 0.326 e. The molecule has 0 radical (unpaired) electrons. The summed E-state index contributed by atoms with van der Waals surface area (Å²) in [6, 6.07) is 8.20. The Balaban J connectivity index is 2.25. The summed E-state index contributed by atoms with van der Waals surface area (Å²) in [6.45, 7) is 3.19. The van der Waals surface area contributed by atoms with E-state index in [-0.39, 0.29) is 23.6 Å². The second-order valence-electron chi connectivity index (χ2n) is 5.26. The highest BCUT2D eigenvalue weighted by atomic mass is 79.9. The minimum atomic E-state index is -2.86. The fraction of sp³-hybridized carbons (Fsp3) is 0.571. The van der Waals surface area contributed by atoms with E-state index in [2.05, 4.69) is 39.9 Å². The zero-order valence-electron chi connectivity index (χ0n) is 11.6. The molecule has 1 aromatic carbocycles. The summed E-state index contributed by atoms with van der Waals surface area (Å²) in [5, 5.41) is 0. The maximum absolute atomic E-state index is 11.6. The number of halogens is 1. The van der Waals surface area contributed by atoms with E-state index in [9.17, 15) is 8.42 Å². The van der Waals surface area contributed by atoms with Crippen LogP contribution in [0.5, 0.6) is 0 Å². The molecule has 4 nitrogen and oxygen atoms in total. The van der Waals surface area contributed by atoms with Crippen LogP contribution in [0.25, 0.3) is 0 Å². The van der Waals surface area contributed by atoms with E-state index < -0.39 is 9.84 Å². The van der Waals surface area contributed by atoms with Gasteiger partial charge >= 0.3 is 0 Å². The average Bonchev–Trinajstić information content (AvgIpc) is 2.41. The molecule has 1 fully saturated rings. The van der Waals surface area contributed by atoms with E-state index in [0.29, 0.717) is 13.1 Å². The molecule has 0 saturated carbocycles. The Labute approximate surface area is 129 Å². The maximum atomic E-state index is 11.6. The van der Waals surface area contributed by atoms with Crippen LogP contribution in [0.3, 0.4) is 0 Å². The first-order chi connectivity index (χ1) is 9.43. The van der Waals surface area contributed by atoms with Gasteiger partial charge in [-0.05, 0) is 24.1 Å². The Morgan fingerprint density at radius 3 is 2.55 bits per heavy atom. The predicted octanol–water partition coefficient (Wildman–Crippen LogP) is 1.96. The first-order valence-electron chi connectivity index (χ1n) is 6.88. The second kappa shape index (κ2) is 6.56. The van der Waals surface area contributed by atoms with Crippen molar-refractivity contribution in [1.82, 2.24) is 4.90 Å². The van der Waals surface area contributed by atoms with Crippen molar-refractivity contribution in [2.24, 2.45) is 5.73 Å². The summed E-state index contributed by atoms with van der Waals surface area (Å²) in [5.41, 5.74) is 7.44. The molecule has 1 saturated heterocycles. The molecular formula is C14H21BrN2O2S. The maximum Gasteiger partial charge on any atom is 0.152 e. The van der Waals surface area contributed by atoms with Crippen LogP contribution in [0.2, 0.25) is 0 Å². The van der Waals surface area contributed by atoms with Crippen molar-refractivity contribution < 1.29 is 8.42 Å². The number of nitrogens with two attached hydrogens (primary N) is 1. The highest BCUT2D eigenvalue weighted by Crippen LogP contribution is 2.28. The van der Waals surface area contributed by atoms with Gasteiger partial charge in [-0.15, -0.1) is 0 Å². The van der Waals surface area contributed by atoms with Crippen LogP contribution in [0.15, 0.2) is 28.7 Å². The molecule has 0 amide bonds. The molecule has 1 aliphatic heterocycles. The van der Waals surface area contributed by atoms with Gasteiger partial charge in [0.15, 0.2) is 9.84 Å². The fourth-order valence-corrected chi connectivity index (χ4v) is 4.29. The molecular weight excluding hydrogens is 340 g/mol. The van der Waals surface area contributed by atoms with E-state index in [1.807, 2.05) is 12.1 Å². The number of hydrogen-bond acceptors (Lipinski definition) is 4. The van der Waals surface area contributed by atoms with Crippen LogP contribution in [-0.4, -0.2) is 44.0 Å². The SMILES string of the molecule is CCC(N)C(c1cccc(Br)c1)N1CCS(=O)(=O)CC1. The number of hydrogen-bond donors (Lipinski definition) is 1. The lowest BCUT2D eigenvalue weighted by Gasteiger charge is -2.37. The van der Waals surface area contributed by atoms with Gasteiger partial charge in [0.1, 0.15) is 0 Å². The van der Waals surface area contributed by atoms with Crippen LogP contribution in [0.4, 0.5) is 0 Å². The van der Waals surface area contributed by atoms with E-state index >= 15 is 0 Å². The van der Waals surface area contributed by atoms with Crippen molar-refractivity contribution in [3.63, 3.8) is 0 Å². The smallest absolute Gasteiger partial charge is 0.152 e. The van der Waals surface area contributed by atoms with Crippen molar-refractivity contribution in [2.75, 3.05) is 24.6 Å². The summed E-state index contributed by atoms with van der Waals surface area (Å²) >= 11 is 3.49. The Morgan fingerprint density at radius 2 is 2.00 bits per heavy atom. The Kier molecular flexibility index (Phi) is 5.23. The summed E-state index contributed by atoms with van der Waals surface area (Å²) in [5.74, 6) is 0.460. The number of nitrogens with zero attached hydrogens (tertiary/aromatic N) is 1. The normalized spacial score (nSPS) is 22.4. The summed E-state index contributed by atoms with van der Waals surface area (Å²) in [6.07, 6.45) is 0.862. The zero-order chi connectivity index (χ0) is 14.8. The van der Waals surface area contributed by atoms with Gasteiger partial charge in [0.25, 0.3) is 0 Å². The highest BCUT2D eigenvalue weighted by molar-refractivity contribution is 9.10. The topological polar surface area (TPSA) is 63.4 Å². The van der Waals surface area contributed by atoms with E-state index in [0.717, 1.165) is 16.5 Å². The van der Waals surface area contributed by atoms with Gasteiger partial charge < -0.3 is 5.73 Å². The molecule has 6 heteroatoms. The van der Waals surface area contributed by atoms with Gasteiger partial charge in [-0.2, -0.15) is 0 Å². The molecule has 0 aliphatic carbocycles. The van der Waals surface area contributed by atoms with Gasteiger partial charge in [-0.1, -0.05) is 35.0 Å². The van der Waals surface area contributed by atoms with Crippen LogP contribution in [-0.2, 0) is 9.84 Å². The molecule has 2 N–H and O–H groups in total. The molecule has 1 aromatic rings. The first-order valence-corrected chi connectivity index (χ1v) is 9.50. The summed E-state index contributed by atoms with van der Waals surface area (Å²) < 4.78 is 24.2. The van der Waals surface area contributed by atoms with Crippen molar-refractivity contribution >= 4 is 25.8 Å². The number of benzene rings is 1. The third-order valence-electron chi connectivity index (χ3n) is 3.84. The summed E-state index contributed by atoms with van der Waals surface area (Å²) in [4.78, 5) is 2.21. The molecule has 0 spiro atoms. The molecule has 0 aromatic heterocycles. The predicted molar refractivity (Wildman–Crippen MR) is 85.4 cm³/mol. The molecule has 1 aliphatic rings. The quantitative estimate of drug-likeness (QED) is 0.891. The third-order valence-corrected chi connectivity index (χ3v) is 5.94. The van der Waals surface area contributed by atoms with Crippen molar-refractivity contribution in [3.05, 3.63) is 34.3 Å². The lowest BCUT2D eigenvalue weighted by Crippen LogP contribution is -2.48. The standard InChI is InChI=1S/C14H21BrN2O2S/c1-2-13(16)14(11-4-3-5-12(15)10-11)17-6-8-20(18,19)9-7-17/h3-5,10,13-14H,2,6-9,16H2,1H3. The fourth-order valence-electron chi connectivity index (χ4n) is 2.65. The first kappa shape index (κ1) is 15.9. The Hall–Kier alpha value is -0.430. The summed E-state index contributed by atoms with van der Waals surface area (Å²) in [7, 11) is -2.86. The van der Waals surface area contributed by atoms with Crippen LogP contribution >= 0.6 is 15.9 Å². The average molecular weight is 361 g/mol. The lowest BCUT2D eigenvalue weighted by atomic mass is 9.96. The minimum absolute atomic E-state index is 0.00473. The van der Waals surface area contributed by atoms with E-state index in [1.54, 1.807) is 0 Å². The van der Waals surface area contributed by atoms with Gasteiger partial charge in [-0.25, -0.2) is 8.42 Å². The van der Waals surface area contributed by atoms with E-state index in [4.69, 9.17) is 5.73 Å². The monoisotopic (exact) mass is 360 g/mol. The van der Waals surface area contributed by atoms with Crippen LogP contribution in [0, 0.1) is 0 Å². The van der Waals surface area contributed by atoms with Crippen molar-refractivity contribution in [1.29, 1.82) is 0 Å². The van der Waals surface area contributed by atoms with E-state index in [1.165, 1.54) is 0 Å². The zero-order valence-corrected chi connectivity index (χ0v) is 14.0. The van der Waals surface area contributed by atoms with Gasteiger partial charge in [0.05, 0.1) is 11.5 Å². The third kappa shape index (κ3) is 3.81. The van der Waals surface area contributed by atoms with Crippen molar-refractivity contribution in [3.8, 4) is 0 Å². The molecule has 2 atom stereocenters.